The first-order chi connectivity index (χ1) is 63.3. The minimum absolute atomic E-state index is 0. The number of esters is 2. The van der Waals surface area contributed by atoms with Crippen molar-refractivity contribution in [2.45, 2.75) is 557 Å². The molecule has 2 N–H and O–H groups in total. The molecular weight excluding hydrogens is 1870 g/mol. The number of phenolic OH excluding ortho intramolecular Hbond substituents is 2. The number of rotatable bonds is 30. The van der Waals surface area contributed by atoms with Gasteiger partial charge in [-0.05, 0) is 396 Å². The monoisotopic (exact) mass is 2110 g/mol. The van der Waals surface area contributed by atoms with E-state index in [0.717, 1.165) is 118 Å². The maximum absolute atomic E-state index is 12.6. The van der Waals surface area contributed by atoms with Crippen LogP contribution in [-0.2, 0) is 38.0 Å². The molecule has 16 heteroatoms. The lowest BCUT2D eigenvalue weighted by atomic mass is 9.71. The van der Waals surface area contributed by atoms with Gasteiger partial charge in [-0.25, -0.2) is 9.59 Å². The van der Waals surface area contributed by atoms with E-state index < -0.39 is 23.5 Å². The number of phenols is 2. The molecule has 13 rings (SSSR count). The Morgan fingerprint density at radius 2 is 0.567 bits per heavy atom. The van der Waals surface area contributed by atoms with Crippen LogP contribution in [0.4, 0.5) is 9.59 Å². The van der Waals surface area contributed by atoms with E-state index in [-0.39, 0.29) is 165 Å². The number of aromatic hydroxyl groups is 2. The Bertz CT molecular complexity index is 4120. The zero-order chi connectivity index (χ0) is 99.5. The van der Waals surface area contributed by atoms with Gasteiger partial charge in [-0.15, -0.1) is 0 Å². The summed E-state index contributed by atoms with van der Waals surface area (Å²) in [5.41, 5.74) is 5.83. The van der Waals surface area contributed by atoms with Gasteiger partial charge in [-0.1, -0.05) is 335 Å². The van der Waals surface area contributed by atoms with Crippen LogP contribution >= 0.6 is 0 Å². The van der Waals surface area contributed by atoms with E-state index in [4.69, 9.17) is 57.6 Å². The van der Waals surface area contributed by atoms with Crippen molar-refractivity contribution in [3.63, 3.8) is 0 Å². The van der Waals surface area contributed by atoms with Gasteiger partial charge in [0, 0.05) is 18.4 Å². The second-order valence-electron chi connectivity index (χ2n) is 42.9. The van der Waals surface area contributed by atoms with Crippen molar-refractivity contribution in [2.24, 2.45) is 58.2 Å². The molecule has 0 amide bonds. The number of hydrogen-bond acceptors (Lipinski definition) is 16. The van der Waals surface area contributed by atoms with Gasteiger partial charge in [0.25, 0.3) is 0 Å². The van der Waals surface area contributed by atoms with Crippen molar-refractivity contribution >= 4 is 24.2 Å². The van der Waals surface area contributed by atoms with Crippen molar-refractivity contribution in [1.29, 1.82) is 0 Å². The highest BCUT2D eigenvalue weighted by Gasteiger charge is 2.64. The van der Waals surface area contributed by atoms with Crippen LogP contribution in [0.25, 0.3) is 0 Å². The first-order valence-corrected chi connectivity index (χ1v) is 52.2. The molecule has 4 bridgehead atoms. The molecule has 0 aromatic heterocycles. The number of fused-ring (bicyclic) bond motifs is 10. The number of carbonyl (C=O) groups excluding carboxylic acids is 4. The lowest BCUT2D eigenvalue weighted by Crippen LogP contribution is -2.47. The maximum Gasteiger partial charge on any atom is 0.514 e. The van der Waals surface area contributed by atoms with Gasteiger partial charge in [0.05, 0.1) is 16.9 Å². The van der Waals surface area contributed by atoms with Crippen molar-refractivity contribution in [3.8, 4) is 34.5 Å². The van der Waals surface area contributed by atoms with Gasteiger partial charge < -0.3 is 57.6 Å². The summed E-state index contributed by atoms with van der Waals surface area (Å²) in [6, 6.07) is 46.7. The predicted octanol–water partition coefficient (Wildman–Crippen LogP) is 43.4. The summed E-state index contributed by atoms with van der Waals surface area (Å²) < 4.78 is 55.5. The largest absolute Gasteiger partial charge is 0.514 e. The SMILES string of the molecule is C.C.C.C.C.C.C.C.C.C.C.C.C.C.C.C.CCC(C)(C)C(=O)OC1(CC)CC2CC1C1CCCC21.CCC(C)(C)C(=O)OC1(CC)CC2CC1C1CCCC21.CCC(C)c1ccc(O)cc1.CCC(C)c1ccc(O)cc1.CCC(C)c1ccc(OC(=O)OC(C)(C)C)cc1.CCC(C)c1ccc(OC(=O)OC(C)(C)C)cc1.CCC(C)c1ccc(OC(C)OC2CCCCC2)cc1.CCOC(C)Oc1ccc(C(C)CC)cc1. The van der Waals surface area contributed by atoms with Crippen molar-refractivity contribution in [2.75, 3.05) is 6.61 Å². The molecule has 6 aromatic rings. The fourth-order valence-electron chi connectivity index (χ4n) is 19.9. The topological polar surface area (TPSA) is 201 Å². The Labute approximate surface area is 930 Å². The van der Waals surface area contributed by atoms with Crippen LogP contribution in [0.3, 0.4) is 0 Å². The zero-order valence-electron chi connectivity index (χ0n) is 88.7. The number of benzene rings is 6. The highest BCUT2D eigenvalue weighted by molar-refractivity contribution is 5.77. The Hall–Kier alpha value is -8.08. The average Bonchev–Trinajstić information content (AvgIpc) is 1.57. The molecule has 0 spiro atoms. The van der Waals surface area contributed by atoms with E-state index in [1.807, 2.05) is 109 Å². The molecule has 0 aliphatic heterocycles. The first kappa shape index (κ1) is 164. The number of hydrogen-bond donors (Lipinski definition) is 2. The predicted molar refractivity (Wildman–Crippen MR) is 656 cm³/mol. The smallest absolute Gasteiger partial charge is 0.508 e. The third-order valence-corrected chi connectivity index (χ3v) is 30.4. The van der Waals surface area contributed by atoms with Gasteiger partial charge in [0.1, 0.15) is 56.9 Å². The van der Waals surface area contributed by atoms with E-state index in [1.54, 1.807) is 90.1 Å². The van der Waals surface area contributed by atoms with Crippen molar-refractivity contribution < 1.29 is 76.8 Å². The Kier molecular flexibility index (Phi) is 86.6. The zero-order valence-corrected chi connectivity index (χ0v) is 88.7. The standard InChI is InChI=1S/2C18H30O2.C18H28O2.2C15H22O3.C14H22O2.2C10H14O.16CH4/c2*1-5-17(3,4)16(19)20-18(6-2)11-12-10-15(18)14-9-7-8-13(12)14;1-4-14(2)16-10-12-18(13-11-16)20-15(3)19-17-8-6-5-7-9-17;2*1-6-11(2)12-7-9-13(10-8-12)17-14(16)18-15(3,4)5;1-5-11(3)13-7-9-14(10-8-13)16-12(4)15-6-2;2*1-3-8(2)9-4-6-10(11)7-5-9;;;;;;;;;;;;;;;;/h2*12-15H,5-11H2,1-4H3;10-15,17H,4-9H2,1-3H3;2*7-11H,6H2,1-5H3;7-12H,5-6H2,1-4H3;2*4-8,11H,3H2,1-2H3;16*1H4. The fraction of sp³-hybridized carbons (Fsp3) is 0.701. The summed E-state index contributed by atoms with van der Waals surface area (Å²) in [5.74, 6) is 13.6. The number of ether oxygens (including phenoxy) is 10. The second-order valence-corrected chi connectivity index (χ2v) is 42.9. The minimum Gasteiger partial charge on any atom is -0.508 e. The molecule has 7 aliphatic carbocycles. The molecule has 150 heavy (non-hydrogen) atoms. The summed E-state index contributed by atoms with van der Waals surface area (Å²) in [4.78, 5) is 48.0. The molecule has 7 aliphatic rings. The van der Waals surface area contributed by atoms with Gasteiger partial charge in [-0.2, -0.15) is 0 Å². The lowest BCUT2D eigenvalue weighted by Gasteiger charge is -2.43. The van der Waals surface area contributed by atoms with Crippen LogP contribution < -0.4 is 18.9 Å². The molecule has 878 valence electrons. The normalized spacial score (nSPS) is 20.6. The maximum atomic E-state index is 12.6. The highest BCUT2D eigenvalue weighted by Crippen LogP contribution is 2.66. The molecule has 0 radical (unpaired) electrons. The van der Waals surface area contributed by atoms with Crippen LogP contribution in [0.15, 0.2) is 146 Å². The molecule has 16 nitrogen and oxygen atoms in total. The number of carbonyl (C=O) groups is 4. The van der Waals surface area contributed by atoms with Crippen molar-refractivity contribution in [3.05, 3.63) is 179 Å². The van der Waals surface area contributed by atoms with Crippen LogP contribution in [-0.4, -0.2) is 82.2 Å². The van der Waals surface area contributed by atoms with Gasteiger partial charge in [0.2, 0.25) is 0 Å². The van der Waals surface area contributed by atoms with Crippen LogP contribution in [0.5, 0.6) is 34.5 Å². The molecule has 0 heterocycles. The van der Waals surface area contributed by atoms with Crippen LogP contribution in [0.2, 0.25) is 0 Å². The van der Waals surface area contributed by atoms with E-state index in [9.17, 15) is 19.2 Å². The summed E-state index contributed by atoms with van der Waals surface area (Å²) in [7, 11) is 0. The summed E-state index contributed by atoms with van der Waals surface area (Å²) >= 11 is 0. The van der Waals surface area contributed by atoms with Crippen LogP contribution in [0, 0.1) is 58.2 Å². The quantitative estimate of drug-likeness (QED) is 0.0186. The molecule has 7 fully saturated rings. The lowest BCUT2D eigenvalue weighted by molar-refractivity contribution is -0.182. The van der Waals surface area contributed by atoms with E-state index in [0.29, 0.717) is 83.1 Å². The Morgan fingerprint density at radius 1 is 0.320 bits per heavy atom. The highest BCUT2D eigenvalue weighted by atomic mass is 16.7. The molecular formula is C134H246O16. The Balaban J connectivity index is -0.000000162. The van der Waals surface area contributed by atoms with E-state index in [1.165, 1.54) is 123 Å². The molecule has 18 unspecified atom stereocenters. The average molecular weight is 2110 g/mol. The third kappa shape index (κ3) is 51.5. The Morgan fingerprint density at radius 3 is 0.807 bits per heavy atom. The van der Waals surface area contributed by atoms with Crippen molar-refractivity contribution in [1.82, 2.24) is 0 Å². The molecule has 18 atom stereocenters. The summed E-state index contributed by atoms with van der Waals surface area (Å²) in [6.07, 6.45) is 28.9. The van der Waals surface area contributed by atoms with Gasteiger partial charge in [0.15, 0.2) is 12.6 Å². The second kappa shape index (κ2) is 79.0. The third-order valence-electron chi connectivity index (χ3n) is 30.4. The summed E-state index contributed by atoms with van der Waals surface area (Å²) in [5, 5.41) is 18.0. The molecule has 6 aromatic carbocycles. The van der Waals surface area contributed by atoms with E-state index in [2.05, 4.69) is 147 Å². The molecule has 7 saturated carbocycles. The van der Waals surface area contributed by atoms with Crippen LogP contribution in [0.1, 0.15) is 549 Å². The fourth-order valence-corrected chi connectivity index (χ4v) is 19.9. The first-order valence-electron chi connectivity index (χ1n) is 52.2. The minimum atomic E-state index is -0.668. The summed E-state index contributed by atoms with van der Waals surface area (Å²) in [6.45, 7) is 60.3. The van der Waals surface area contributed by atoms with Gasteiger partial charge >= 0.3 is 24.2 Å². The van der Waals surface area contributed by atoms with Gasteiger partial charge in [-0.3, -0.25) is 9.59 Å². The van der Waals surface area contributed by atoms with E-state index >= 15 is 0 Å². The molecule has 0 saturated heterocycles.